The van der Waals surface area contributed by atoms with Gasteiger partial charge in [-0.15, -0.1) is 0 Å². The van der Waals surface area contributed by atoms with E-state index in [0.717, 1.165) is 19.5 Å². The second kappa shape index (κ2) is 4.21. The molecular formula is C9H21N3. The normalized spacial score (nSPS) is 30.5. The number of piperazine rings is 1. The molecule has 1 aliphatic rings. The molecular weight excluding hydrogens is 150 g/mol. The van der Waals surface area contributed by atoms with Crippen LogP contribution in [-0.4, -0.2) is 55.6 Å². The molecule has 0 bridgehead atoms. The Balaban J connectivity index is 2.48. The second-order valence-electron chi connectivity index (χ2n) is 3.88. The molecule has 0 aromatic heterocycles. The van der Waals surface area contributed by atoms with Crippen molar-refractivity contribution in [1.29, 1.82) is 0 Å². The Kier molecular flexibility index (Phi) is 3.50. The molecule has 2 atom stereocenters. The summed E-state index contributed by atoms with van der Waals surface area (Å²) in [6.45, 7) is 5.59. The number of likely N-dealkylation sites (N-methyl/N-ethyl adjacent to an activating group) is 2. The molecule has 0 saturated carbocycles. The monoisotopic (exact) mass is 171 g/mol. The molecule has 0 aromatic carbocycles. The molecule has 1 saturated heterocycles. The van der Waals surface area contributed by atoms with Gasteiger partial charge in [0.25, 0.3) is 0 Å². The minimum Gasteiger partial charge on any atom is -0.326 e. The van der Waals surface area contributed by atoms with E-state index in [2.05, 4.69) is 30.8 Å². The van der Waals surface area contributed by atoms with Crippen LogP contribution in [0.5, 0.6) is 0 Å². The topological polar surface area (TPSA) is 32.5 Å². The van der Waals surface area contributed by atoms with Crippen LogP contribution in [0, 0.1) is 0 Å². The van der Waals surface area contributed by atoms with E-state index in [4.69, 9.17) is 5.73 Å². The van der Waals surface area contributed by atoms with E-state index in [0.29, 0.717) is 12.1 Å². The lowest BCUT2D eigenvalue weighted by atomic mass is 10.0. The van der Waals surface area contributed by atoms with Gasteiger partial charge in [-0.05, 0) is 20.5 Å². The number of nitrogens with two attached hydrogens (primary N) is 1. The molecule has 3 heteroatoms. The lowest BCUT2D eigenvalue weighted by Gasteiger charge is -2.40. The zero-order chi connectivity index (χ0) is 9.14. The van der Waals surface area contributed by atoms with Gasteiger partial charge < -0.3 is 10.6 Å². The fourth-order valence-electron chi connectivity index (χ4n) is 1.78. The van der Waals surface area contributed by atoms with Crippen molar-refractivity contribution in [3.8, 4) is 0 Å². The number of hydrogen-bond donors (Lipinski definition) is 1. The molecule has 0 aromatic rings. The van der Waals surface area contributed by atoms with Crippen LogP contribution >= 0.6 is 0 Å². The molecule has 0 radical (unpaired) electrons. The lowest BCUT2D eigenvalue weighted by molar-refractivity contribution is 0.0965. The Hall–Kier alpha value is -0.120. The van der Waals surface area contributed by atoms with Gasteiger partial charge >= 0.3 is 0 Å². The second-order valence-corrected chi connectivity index (χ2v) is 3.88. The zero-order valence-electron chi connectivity index (χ0n) is 8.45. The lowest BCUT2D eigenvalue weighted by Crippen LogP contribution is -2.57. The molecule has 1 fully saturated rings. The summed E-state index contributed by atoms with van der Waals surface area (Å²) in [5, 5.41) is 0. The van der Waals surface area contributed by atoms with Crippen LogP contribution in [0.2, 0.25) is 0 Å². The minimum atomic E-state index is 0.331. The van der Waals surface area contributed by atoms with Gasteiger partial charge in [0.05, 0.1) is 0 Å². The van der Waals surface area contributed by atoms with Gasteiger partial charge in [-0.25, -0.2) is 0 Å². The minimum absolute atomic E-state index is 0.331. The summed E-state index contributed by atoms with van der Waals surface area (Å²) < 4.78 is 0. The third kappa shape index (κ3) is 2.19. The molecule has 0 amide bonds. The molecule has 1 rings (SSSR count). The summed E-state index contributed by atoms with van der Waals surface area (Å²) in [6, 6.07) is 0.881. The van der Waals surface area contributed by atoms with Crippen LogP contribution in [0.4, 0.5) is 0 Å². The highest BCUT2D eigenvalue weighted by Gasteiger charge is 2.26. The molecule has 0 aliphatic carbocycles. The molecule has 2 N–H and O–H groups in total. The SMILES string of the molecule is CC[C@@H](N)C1CN(C)CCN1C. The molecule has 1 unspecified atom stereocenters. The third-order valence-corrected chi connectivity index (χ3v) is 2.86. The average Bonchev–Trinajstić information content (AvgIpc) is 2.08. The molecule has 72 valence electrons. The first-order valence-electron chi connectivity index (χ1n) is 4.79. The third-order valence-electron chi connectivity index (χ3n) is 2.86. The van der Waals surface area contributed by atoms with Crippen molar-refractivity contribution in [1.82, 2.24) is 9.80 Å². The van der Waals surface area contributed by atoms with E-state index in [1.165, 1.54) is 6.54 Å². The predicted molar refractivity (Wildman–Crippen MR) is 52.2 cm³/mol. The van der Waals surface area contributed by atoms with E-state index >= 15 is 0 Å². The van der Waals surface area contributed by atoms with Crippen LogP contribution in [0.15, 0.2) is 0 Å². The van der Waals surface area contributed by atoms with Crippen LogP contribution in [0.3, 0.4) is 0 Å². The van der Waals surface area contributed by atoms with Crippen LogP contribution < -0.4 is 5.73 Å². The van der Waals surface area contributed by atoms with Crippen molar-refractivity contribution in [3.63, 3.8) is 0 Å². The van der Waals surface area contributed by atoms with Crippen molar-refractivity contribution in [2.75, 3.05) is 33.7 Å². The molecule has 1 heterocycles. The molecule has 1 aliphatic heterocycles. The van der Waals surface area contributed by atoms with Gasteiger partial charge in [-0.1, -0.05) is 6.92 Å². The summed E-state index contributed by atoms with van der Waals surface area (Å²) in [7, 11) is 4.34. The standard InChI is InChI=1S/C9H21N3/c1-4-8(10)9-7-11(2)5-6-12(9)3/h8-9H,4-7,10H2,1-3H3/t8-,9?/m1/s1. The van der Waals surface area contributed by atoms with Crippen LogP contribution in [-0.2, 0) is 0 Å². The fraction of sp³-hybridized carbons (Fsp3) is 1.00. The van der Waals surface area contributed by atoms with Crippen LogP contribution in [0.1, 0.15) is 13.3 Å². The smallest absolute Gasteiger partial charge is 0.0371 e. The van der Waals surface area contributed by atoms with Gasteiger partial charge in [-0.3, -0.25) is 4.90 Å². The van der Waals surface area contributed by atoms with Gasteiger partial charge in [-0.2, -0.15) is 0 Å². The summed E-state index contributed by atoms with van der Waals surface area (Å²) in [4.78, 5) is 4.74. The maximum absolute atomic E-state index is 6.03. The quantitative estimate of drug-likeness (QED) is 0.633. The van der Waals surface area contributed by atoms with E-state index in [1.54, 1.807) is 0 Å². The largest absolute Gasteiger partial charge is 0.326 e. The van der Waals surface area contributed by atoms with E-state index in [-0.39, 0.29) is 0 Å². The first kappa shape index (κ1) is 9.96. The van der Waals surface area contributed by atoms with Crippen molar-refractivity contribution < 1.29 is 0 Å². The first-order chi connectivity index (χ1) is 5.65. The van der Waals surface area contributed by atoms with Gasteiger partial charge in [0.1, 0.15) is 0 Å². The van der Waals surface area contributed by atoms with Crippen molar-refractivity contribution >= 4 is 0 Å². The van der Waals surface area contributed by atoms with Gasteiger partial charge in [0, 0.05) is 31.7 Å². The Morgan fingerprint density at radius 2 is 2.08 bits per heavy atom. The number of hydrogen-bond acceptors (Lipinski definition) is 3. The van der Waals surface area contributed by atoms with E-state index in [9.17, 15) is 0 Å². The van der Waals surface area contributed by atoms with Crippen molar-refractivity contribution in [2.24, 2.45) is 5.73 Å². The highest BCUT2D eigenvalue weighted by molar-refractivity contribution is 4.85. The maximum Gasteiger partial charge on any atom is 0.0371 e. The summed E-state index contributed by atoms with van der Waals surface area (Å²) >= 11 is 0. The van der Waals surface area contributed by atoms with Gasteiger partial charge in [0.15, 0.2) is 0 Å². The summed E-state index contributed by atoms with van der Waals surface area (Å²) in [6.07, 6.45) is 1.07. The van der Waals surface area contributed by atoms with Crippen LogP contribution in [0.25, 0.3) is 0 Å². The Morgan fingerprint density at radius 1 is 1.42 bits per heavy atom. The molecule has 12 heavy (non-hydrogen) atoms. The first-order valence-corrected chi connectivity index (χ1v) is 4.79. The Bertz CT molecular complexity index is 134. The zero-order valence-corrected chi connectivity index (χ0v) is 8.45. The highest BCUT2D eigenvalue weighted by Crippen LogP contribution is 2.10. The number of nitrogens with zero attached hydrogens (tertiary/aromatic N) is 2. The summed E-state index contributed by atoms with van der Waals surface area (Å²) in [5.41, 5.74) is 6.03. The maximum atomic E-state index is 6.03. The molecule has 0 spiro atoms. The van der Waals surface area contributed by atoms with E-state index < -0.39 is 0 Å². The van der Waals surface area contributed by atoms with E-state index in [1.807, 2.05) is 0 Å². The average molecular weight is 171 g/mol. The molecule has 3 nitrogen and oxygen atoms in total. The van der Waals surface area contributed by atoms with Crippen molar-refractivity contribution in [2.45, 2.75) is 25.4 Å². The Morgan fingerprint density at radius 3 is 2.67 bits per heavy atom. The Labute approximate surface area is 75.5 Å². The predicted octanol–water partition coefficient (Wildman–Crippen LogP) is -0.0305. The summed E-state index contributed by atoms with van der Waals surface area (Å²) in [5.74, 6) is 0. The number of rotatable bonds is 2. The highest BCUT2D eigenvalue weighted by atomic mass is 15.3. The van der Waals surface area contributed by atoms with Crippen molar-refractivity contribution in [3.05, 3.63) is 0 Å². The fourth-order valence-corrected chi connectivity index (χ4v) is 1.78. The van der Waals surface area contributed by atoms with Gasteiger partial charge in [0.2, 0.25) is 0 Å².